The van der Waals surface area contributed by atoms with Gasteiger partial charge >= 0.3 is 6.03 Å². The van der Waals surface area contributed by atoms with Gasteiger partial charge in [0.25, 0.3) is 0 Å². The van der Waals surface area contributed by atoms with E-state index in [-0.39, 0.29) is 11.4 Å². The maximum Gasteiger partial charge on any atom is 0.317 e. The molecule has 1 saturated heterocycles. The van der Waals surface area contributed by atoms with E-state index in [0.717, 1.165) is 66.8 Å². The van der Waals surface area contributed by atoms with Crippen LogP contribution < -0.4 is 10.1 Å². The minimum absolute atomic E-state index is 0.00379. The van der Waals surface area contributed by atoms with E-state index >= 15 is 0 Å². The Bertz CT molecular complexity index is 1160. The third-order valence-electron chi connectivity index (χ3n) is 6.80. The van der Waals surface area contributed by atoms with Crippen molar-refractivity contribution in [2.24, 2.45) is 0 Å². The van der Waals surface area contributed by atoms with Crippen LogP contribution in [0.5, 0.6) is 5.75 Å². The Morgan fingerprint density at radius 2 is 2.06 bits per heavy atom. The van der Waals surface area contributed by atoms with Crippen molar-refractivity contribution in [3.8, 4) is 17.0 Å². The first-order chi connectivity index (χ1) is 16.1. The zero-order chi connectivity index (χ0) is 22.8. The van der Waals surface area contributed by atoms with Crippen LogP contribution in [0, 0.1) is 0 Å². The minimum atomic E-state index is 0.00379. The highest BCUT2D eigenvalue weighted by molar-refractivity contribution is 5.84. The highest BCUT2D eigenvalue weighted by atomic mass is 16.5. The smallest absolute Gasteiger partial charge is 0.317 e. The number of rotatable bonds is 7. The SMILES string of the molecule is CCNC(=O)N1CCC2(CCn3nc(-c4cnc5ccc(OCCCOC)cc5c4)cc32)C1. The molecule has 0 radical (unpaired) electrons. The van der Waals surface area contributed by atoms with Gasteiger partial charge in [0.05, 0.1) is 17.8 Å². The van der Waals surface area contributed by atoms with E-state index in [4.69, 9.17) is 14.6 Å². The van der Waals surface area contributed by atoms with Crippen molar-refractivity contribution in [1.82, 2.24) is 25.0 Å². The van der Waals surface area contributed by atoms with Crippen LogP contribution in [-0.2, 0) is 16.7 Å². The molecule has 8 heteroatoms. The number of benzene rings is 1. The summed E-state index contributed by atoms with van der Waals surface area (Å²) in [7, 11) is 1.70. The molecule has 4 heterocycles. The number of fused-ring (bicyclic) bond motifs is 3. The number of hydrogen-bond acceptors (Lipinski definition) is 5. The van der Waals surface area contributed by atoms with Crippen LogP contribution in [0.25, 0.3) is 22.2 Å². The number of hydrogen-bond donors (Lipinski definition) is 1. The molecule has 3 aromatic rings. The Kier molecular flexibility index (Phi) is 5.93. The van der Waals surface area contributed by atoms with Gasteiger partial charge in [-0.05, 0) is 50.1 Å². The van der Waals surface area contributed by atoms with Gasteiger partial charge in [0.2, 0.25) is 0 Å². The Morgan fingerprint density at radius 3 is 2.91 bits per heavy atom. The van der Waals surface area contributed by atoms with Gasteiger partial charge in [-0.25, -0.2) is 4.79 Å². The lowest BCUT2D eigenvalue weighted by atomic mass is 9.82. The Hall–Kier alpha value is -3.13. The van der Waals surface area contributed by atoms with Crippen LogP contribution in [0.1, 0.15) is 31.9 Å². The number of carbonyl (C=O) groups excluding carboxylic acids is 1. The van der Waals surface area contributed by atoms with Crippen LogP contribution in [-0.4, -0.2) is 65.7 Å². The molecule has 1 spiro atoms. The highest BCUT2D eigenvalue weighted by Gasteiger charge is 2.46. The monoisotopic (exact) mass is 449 g/mol. The van der Waals surface area contributed by atoms with E-state index in [1.165, 1.54) is 5.69 Å². The zero-order valence-corrected chi connectivity index (χ0v) is 19.3. The summed E-state index contributed by atoms with van der Waals surface area (Å²) in [5.74, 6) is 0.834. The van der Waals surface area contributed by atoms with E-state index in [1.807, 2.05) is 36.2 Å². The predicted octanol–water partition coefficient (Wildman–Crippen LogP) is 3.59. The number of pyridine rings is 1. The first-order valence-electron chi connectivity index (χ1n) is 11.7. The molecule has 2 amide bonds. The molecule has 0 bridgehead atoms. The van der Waals surface area contributed by atoms with Crippen molar-refractivity contribution >= 4 is 16.9 Å². The van der Waals surface area contributed by atoms with Crippen molar-refractivity contribution in [2.75, 3.05) is 40.0 Å². The molecule has 1 fully saturated rings. The molecule has 2 aliphatic rings. The van der Waals surface area contributed by atoms with Crippen LogP contribution in [0.4, 0.5) is 4.79 Å². The fourth-order valence-corrected chi connectivity index (χ4v) is 5.06. The predicted molar refractivity (Wildman–Crippen MR) is 127 cm³/mol. The second-order valence-corrected chi connectivity index (χ2v) is 8.95. The lowest BCUT2D eigenvalue weighted by Crippen LogP contribution is -2.40. The van der Waals surface area contributed by atoms with Crippen molar-refractivity contribution < 1.29 is 14.3 Å². The molecule has 8 nitrogen and oxygen atoms in total. The molecule has 33 heavy (non-hydrogen) atoms. The number of nitrogens with zero attached hydrogens (tertiary/aromatic N) is 4. The average molecular weight is 450 g/mol. The van der Waals surface area contributed by atoms with E-state index in [9.17, 15) is 4.79 Å². The fraction of sp³-hybridized carbons (Fsp3) is 0.480. The Balaban J connectivity index is 1.37. The summed E-state index contributed by atoms with van der Waals surface area (Å²) in [6.07, 6.45) is 4.76. The molecule has 2 aromatic heterocycles. The lowest BCUT2D eigenvalue weighted by Gasteiger charge is -2.23. The number of urea groups is 1. The second kappa shape index (κ2) is 9.02. The van der Waals surface area contributed by atoms with Gasteiger partial charge < -0.3 is 19.7 Å². The molecule has 0 aliphatic carbocycles. The first-order valence-corrected chi connectivity index (χ1v) is 11.7. The first kappa shape index (κ1) is 21.7. The van der Waals surface area contributed by atoms with Crippen LogP contribution in [0.15, 0.2) is 36.5 Å². The number of carbonyl (C=O) groups is 1. The maximum atomic E-state index is 12.3. The number of aromatic nitrogens is 3. The third kappa shape index (κ3) is 4.15. The Morgan fingerprint density at radius 1 is 1.18 bits per heavy atom. The van der Waals surface area contributed by atoms with Crippen molar-refractivity contribution in [1.29, 1.82) is 0 Å². The molecule has 0 saturated carbocycles. The van der Waals surface area contributed by atoms with E-state index in [2.05, 4.69) is 27.1 Å². The summed E-state index contributed by atoms with van der Waals surface area (Å²) in [6.45, 7) is 6.34. The largest absolute Gasteiger partial charge is 0.493 e. The summed E-state index contributed by atoms with van der Waals surface area (Å²) in [4.78, 5) is 18.9. The number of methoxy groups -OCH3 is 1. The van der Waals surface area contributed by atoms with Crippen LogP contribution in [0.2, 0.25) is 0 Å². The lowest BCUT2D eigenvalue weighted by molar-refractivity contribution is 0.172. The molecule has 1 atom stereocenters. The number of likely N-dealkylation sites (tertiary alicyclic amines) is 1. The minimum Gasteiger partial charge on any atom is -0.493 e. The number of aryl methyl sites for hydroxylation is 1. The van der Waals surface area contributed by atoms with Gasteiger partial charge in [-0.1, -0.05) is 0 Å². The van der Waals surface area contributed by atoms with Gasteiger partial charge in [-0.3, -0.25) is 9.67 Å². The normalized spacial score (nSPS) is 19.4. The van der Waals surface area contributed by atoms with Crippen LogP contribution in [0.3, 0.4) is 0 Å². The summed E-state index contributed by atoms with van der Waals surface area (Å²) >= 11 is 0. The summed E-state index contributed by atoms with van der Waals surface area (Å²) < 4.78 is 13.1. The van der Waals surface area contributed by atoms with Gasteiger partial charge in [-0.2, -0.15) is 5.10 Å². The van der Waals surface area contributed by atoms with Gasteiger partial charge in [-0.15, -0.1) is 0 Å². The molecule has 1 aromatic carbocycles. The average Bonchev–Trinajstić information content (AvgIpc) is 3.53. The highest BCUT2D eigenvalue weighted by Crippen LogP contribution is 2.43. The third-order valence-corrected chi connectivity index (χ3v) is 6.80. The molecular weight excluding hydrogens is 418 g/mol. The number of ether oxygens (including phenoxy) is 2. The van der Waals surface area contributed by atoms with Gasteiger partial charge in [0, 0.05) is 74.6 Å². The van der Waals surface area contributed by atoms with Crippen molar-refractivity contribution in [2.45, 2.75) is 38.1 Å². The number of amides is 2. The quantitative estimate of drug-likeness (QED) is 0.558. The summed E-state index contributed by atoms with van der Waals surface area (Å²) in [5, 5.41) is 8.86. The van der Waals surface area contributed by atoms with E-state index in [1.54, 1.807) is 7.11 Å². The van der Waals surface area contributed by atoms with E-state index in [0.29, 0.717) is 19.8 Å². The molecule has 1 N–H and O–H groups in total. The standard InChI is InChI=1S/C25H31N5O3/c1-3-26-24(31)29-9-7-25(17-29)8-10-30-23(25)15-22(28-30)19-13-18-14-20(33-12-4-11-32-2)5-6-21(18)27-16-19/h5-6,13-16H,3-4,7-12,17H2,1-2H3,(H,26,31). The van der Waals surface area contributed by atoms with Crippen molar-refractivity contribution in [3.05, 3.63) is 42.2 Å². The molecular formula is C25H31N5O3. The zero-order valence-electron chi connectivity index (χ0n) is 19.3. The molecule has 2 aliphatic heterocycles. The number of nitrogens with one attached hydrogen (secondary N) is 1. The molecule has 5 rings (SSSR count). The topological polar surface area (TPSA) is 81.5 Å². The fourth-order valence-electron chi connectivity index (χ4n) is 5.06. The summed E-state index contributed by atoms with van der Waals surface area (Å²) in [5.41, 5.74) is 4.10. The van der Waals surface area contributed by atoms with Crippen molar-refractivity contribution in [3.63, 3.8) is 0 Å². The second-order valence-electron chi connectivity index (χ2n) is 8.95. The Labute approximate surface area is 193 Å². The van der Waals surface area contributed by atoms with Crippen LogP contribution >= 0.6 is 0 Å². The van der Waals surface area contributed by atoms with E-state index < -0.39 is 0 Å². The maximum absolute atomic E-state index is 12.3. The molecule has 1 unspecified atom stereocenters. The molecule has 174 valence electrons. The van der Waals surface area contributed by atoms with Gasteiger partial charge in [0.15, 0.2) is 0 Å². The summed E-state index contributed by atoms with van der Waals surface area (Å²) in [6, 6.07) is 10.3. The van der Waals surface area contributed by atoms with Gasteiger partial charge in [0.1, 0.15) is 5.75 Å².